The minimum absolute atomic E-state index is 0.882. The van der Waals surface area contributed by atoms with Crippen LogP contribution < -0.4 is 5.84 Å². The summed E-state index contributed by atoms with van der Waals surface area (Å²) in [4.78, 5) is 4.17. The van der Waals surface area contributed by atoms with Crippen molar-refractivity contribution >= 4 is 0 Å². The van der Waals surface area contributed by atoms with E-state index in [0.29, 0.717) is 0 Å². The Bertz CT molecular complexity index is 392. The molecule has 0 fully saturated rings. The van der Waals surface area contributed by atoms with Crippen molar-refractivity contribution in [3.05, 3.63) is 54.1 Å². The third-order valence-corrected chi connectivity index (χ3v) is 2.23. The molecule has 0 spiro atoms. The van der Waals surface area contributed by atoms with Gasteiger partial charge in [-0.15, -0.1) is 0 Å². The van der Waals surface area contributed by atoms with Crippen molar-refractivity contribution in [1.29, 1.82) is 0 Å². The number of rotatable bonds is 3. The zero-order valence-corrected chi connectivity index (χ0v) is 7.93. The van der Waals surface area contributed by atoms with E-state index >= 15 is 0 Å². The van der Waals surface area contributed by atoms with Crippen LogP contribution in [0.25, 0.3) is 0 Å². The van der Waals surface area contributed by atoms with Gasteiger partial charge in [0, 0.05) is 18.8 Å². The number of hydrogen-bond donors (Lipinski definition) is 1. The number of imidazole rings is 1. The predicted molar refractivity (Wildman–Crippen MR) is 56.2 cm³/mol. The number of hydrogen-bond acceptors (Lipinski definition) is 2. The van der Waals surface area contributed by atoms with Crippen LogP contribution in [-0.2, 0) is 12.8 Å². The van der Waals surface area contributed by atoms with E-state index in [1.54, 1.807) is 17.1 Å². The Hall–Kier alpha value is -1.77. The third kappa shape index (κ3) is 1.93. The first-order valence-electron chi connectivity index (χ1n) is 4.67. The minimum Gasteiger partial charge on any atom is -0.338 e. The third-order valence-electron chi connectivity index (χ3n) is 2.23. The second kappa shape index (κ2) is 3.96. The number of nitrogens with zero attached hydrogens (tertiary/aromatic N) is 2. The van der Waals surface area contributed by atoms with Crippen molar-refractivity contribution in [3.63, 3.8) is 0 Å². The lowest BCUT2D eigenvalue weighted by molar-refractivity contribution is 0.807. The molecule has 1 aromatic heterocycles. The van der Waals surface area contributed by atoms with Gasteiger partial charge in [0.1, 0.15) is 5.82 Å². The van der Waals surface area contributed by atoms with Crippen LogP contribution in [0.2, 0.25) is 0 Å². The zero-order chi connectivity index (χ0) is 9.80. The summed E-state index contributed by atoms with van der Waals surface area (Å²) in [7, 11) is 0. The first kappa shape index (κ1) is 8.81. The molecule has 1 aromatic carbocycles. The van der Waals surface area contributed by atoms with Gasteiger partial charge in [0.05, 0.1) is 0 Å². The van der Waals surface area contributed by atoms with E-state index in [1.807, 2.05) is 18.2 Å². The SMILES string of the molecule is Nn1ccnc1CCc1ccccc1. The maximum absolute atomic E-state index is 5.66. The molecule has 3 heteroatoms. The maximum Gasteiger partial charge on any atom is 0.127 e. The molecule has 0 saturated carbocycles. The Kier molecular flexibility index (Phi) is 2.49. The molecule has 2 rings (SSSR count). The second-order valence-corrected chi connectivity index (χ2v) is 3.24. The maximum atomic E-state index is 5.66. The summed E-state index contributed by atoms with van der Waals surface area (Å²) in [5.41, 5.74) is 1.32. The average Bonchev–Trinajstić information content (AvgIpc) is 2.63. The van der Waals surface area contributed by atoms with Gasteiger partial charge < -0.3 is 5.84 Å². The summed E-state index contributed by atoms with van der Waals surface area (Å²) in [6.07, 6.45) is 5.35. The van der Waals surface area contributed by atoms with Crippen LogP contribution in [0.4, 0.5) is 0 Å². The van der Waals surface area contributed by atoms with Crippen molar-refractivity contribution < 1.29 is 0 Å². The lowest BCUT2D eigenvalue weighted by atomic mass is 10.1. The molecule has 2 aromatic rings. The van der Waals surface area contributed by atoms with Gasteiger partial charge in [0.25, 0.3) is 0 Å². The Labute approximate surface area is 83.2 Å². The van der Waals surface area contributed by atoms with E-state index < -0.39 is 0 Å². The van der Waals surface area contributed by atoms with E-state index in [0.717, 1.165) is 18.7 Å². The molecule has 0 radical (unpaired) electrons. The molecule has 1 heterocycles. The molecule has 0 atom stereocenters. The first-order valence-corrected chi connectivity index (χ1v) is 4.67. The topological polar surface area (TPSA) is 43.8 Å². The van der Waals surface area contributed by atoms with E-state index in [2.05, 4.69) is 17.1 Å². The number of aromatic nitrogens is 2. The van der Waals surface area contributed by atoms with Crippen molar-refractivity contribution in [3.8, 4) is 0 Å². The average molecular weight is 187 g/mol. The molecule has 0 aliphatic heterocycles. The van der Waals surface area contributed by atoms with E-state index in [9.17, 15) is 0 Å². The molecule has 0 amide bonds. The largest absolute Gasteiger partial charge is 0.338 e. The quantitative estimate of drug-likeness (QED) is 0.738. The fraction of sp³-hybridized carbons (Fsp3) is 0.182. The van der Waals surface area contributed by atoms with Gasteiger partial charge in [-0.1, -0.05) is 30.3 Å². The first-order chi connectivity index (χ1) is 6.86. The van der Waals surface area contributed by atoms with Gasteiger partial charge in [-0.2, -0.15) is 0 Å². The smallest absolute Gasteiger partial charge is 0.127 e. The van der Waals surface area contributed by atoms with Crippen molar-refractivity contribution in [2.45, 2.75) is 12.8 Å². The van der Waals surface area contributed by atoms with Gasteiger partial charge in [-0.05, 0) is 12.0 Å². The summed E-state index contributed by atoms with van der Waals surface area (Å²) < 4.78 is 1.57. The van der Waals surface area contributed by atoms with Gasteiger partial charge in [0.2, 0.25) is 0 Å². The molecule has 0 saturated heterocycles. The molecule has 0 unspecified atom stereocenters. The molecule has 3 nitrogen and oxygen atoms in total. The van der Waals surface area contributed by atoms with Gasteiger partial charge >= 0.3 is 0 Å². The van der Waals surface area contributed by atoms with E-state index in [-0.39, 0.29) is 0 Å². The lowest BCUT2D eigenvalue weighted by Gasteiger charge is -2.01. The fourth-order valence-corrected chi connectivity index (χ4v) is 1.44. The summed E-state index contributed by atoms with van der Waals surface area (Å²) in [6.45, 7) is 0. The van der Waals surface area contributed by atoms with Crippen LogP contribution in [0.3, 0.4) is 0 Å². The molecule has 0 bridgehead atoms. The summed E-state index contributed by atoms with van der Waals surface area (Å²) in [5.74, 6) is 6.58. The highest BCUT2D eigenvalue weighted by Crippen LogP contribution is 2.03. The van der Waals surface area contributed by atoms with Crippen LogP contribution in [0.5, 0.6) is 0 Å². The summed E-state index contributed by atoms with van der Waals surface area (Å²) in [5, 5.41) is 0. The Morgan fingerprint density at radius 3 is 2.57 bits per heavy atom. The highest BCUT2D eigenvalue weighted by Gasteiger charge is 1.99. The summed E-state index contributed by atoms with van der Waals surface area (Å²) in [6, 6.07) is 10.3. The van der Waals surface area contributed by atoms with Gasteiger partial charge in [-0.3, -0.25) is 4.68 Å². The Morgan fingerprint density at radius 2 is 1.93 bits per heavy atom. The van der Waals surface area contributed by atoms with E-state index in [1.165, 1.54) is 5.56 Å². The van der Waals surface area contributed by atoms with Crippen molar-refractivity contribution in [2.75, 3.05) is 5.84 Å². The predicted octanol–water partition coefficient (Wildman–Crippen LogP) is 1.38. The van der Waals surface area contributed by atoms with Gasteiger partial charge in [0.15, 0.2) is 0 Å². The lowest BCUT2D eigenvalue weighted by Crippen LogP contribution is -2.12. The number of nitrogens with two attached hydrogens (primary N) is 1. The molecule has 0 aliphatic carbocycles. The minimum atomic E-state index is 0.882. The van der Waals surface area contributed by atoms with Crippen LogP contribution >= 0.6 is 0 Å². The normalized spacial score (nSPS) is 10.3. The molecule has 72 valence electrons. The van der Waals surface area contributed by atoms with Crippen molar-refractivity contribution in [2.24, 2.45) is 0 Å². The van der Waals surface area contributed by atoms with Gasteiger partial charge in [-0.25, -0.2) is 4.98 Å². The highest BCUT2D eigenvalue weighted by atomic mass is 15.3. The van der Waals surface area contributed by atoms with Crippen LogP contribution in [0, 0.1) is 0 Å². The molecule has 14 heavy (non-hydrogen) atoms. The van der Waals surface area contributed by atoms with Crippen molar-refractivity contribution in [1.82, 2.24) is 9.66 Å². The monoisotopic (exact) mass is 187 g/mol. The Morgan fingerprint density at radius 1 is 1.14 bits per heavy atom. The summed E-state index contributed by atoms with van der Waals surface area (Å²) >= 11 is 0. The number of benzene rings is 1. The van der Waals surface area contributed by atoms with Crippen LogP contribution in [0.15, 0.2) is 42.7 Å². The molecule has 0 aliphatic rings. The second-order valence-electron chi connectivity index (χ2n) is 3.24. The molecular weight excluding hydrogens is 174 g/mol. The van der Waals surface area contributed by atoms with Crippen LogP contribution in [0.1, 0.15) is 11.4 Å². The van der Waals surface area contributed by atoms with Crippen LogP contribution in [-0.4, -0.2) is 9.66 Å². The standard InChI is InChI=1S/C11H13N3/c12-14-9-8-13-11(14)7-6-10-4-2-1-3-5-10/h1-5,8-9H,6-7,12H2. The van der Waals surface area contributed by atoms with E-state index in [4.69, 9.17) is 5.84 Å². The fourth-order valence-electron chi connectivity index (χ4n) is 1.44. The number of nitrogen functional groups attached to an aromatic ring is 1. The number of aryl methyl sites for hydroxylation is 2. The zero-order valence-electron chi connectivity index (χ0n) is 7.93. The molecular formula is C11H13N3. The molecule has 2 N–H and O–H groups in total. The Balaban J connectivity index is 1.99. The highest BCUT2D eigenvalue weighted by molar-refractivity contribution is 5.15.